The molecule has 154 valence electrons. The van der Waals surface area contributed by atoms with Crippen molar-refractivity contribution in [2.75, 3.05) is 26.7 Å². The van der Waals surface area contributed by atoms with Crippen LogP contribution in [0.15, 0.2) is 48.8 Å². The standard InChI is InChI=1S/C23H29N3O3/c1-17(2)12-21(27)26-10-11-29-23(16-26,22(28)24-3)14-18-6-4-7-19(13-18)20-8-5-9-25-15-20/h4-9,13,15,17H,10-12,14,16H2,1-3H3,(H,24,28)/t23-/m0/s1. The highest BCUT2D eigenvalue weighted by Gasteiger charge is 2.44. The topological polar surface area (TPSA) is 71.5 Å². The average Bonchev–Trinajstić information content (AvgIpc) is 2.73. The number of nitrogens with zero attached hydrogens (tertiary/aromatic N) is 2. The molecule has 2 amide bonds. The summed E-state index contributed by atoms with van der Waals surface area (Å²) in [7, 11) is 1.61. The zero-order valence-corrected chi connectivity index (χ0v) is 17.4. The lowest BCUT2D eigenvalue weighted by Gasteiger charge is -2.41. The van der Waals surface area contributed by atoms with Gasteiger partial charge in [0.25, 0.3) is 5.91 Å². The first-order valence-electron chi connectivity index (χ1n) is 10.1. The highest BCUT2D eigenvalue weighted by atomic mass is 16.5. The van der Waals surface area contributed by atoms with Crippen LogP contribution >= 0.6 is 0 Å². The monoisotopic (exact) mass is 395 g/mol. The van der Waals surface area contributed by atoms with Crippen LogP contribution in [0.3, 0.4) is 0 Å². The second-order valence-corrected chi connectivity index (χ2v) is 7.95. The Hall–Kier alpha value is -2.73. The number of hydrogen-bond acceptors (Lipinski definition) is 4. The first kappa shape index (κ1) is 21.0. The molecule has 1 aromatic carbocycles. The van der Waals surface area contributed by atoms with Gasteiger partial charge in [0.1, 0.15) is 0 Å². The molecular formula is C23H29N3O3. The molecule has 1 saturated heterocycles. The predicted octanol–water partition coefficient (Wildman–Crippen LogP) is 2.68. The minimum absolute atomic E-state index is 0.0701. The van der Waals surface area contributed by atoms with Crippen LogP contribution in [0.25, 0.3) is 11.1 Å². The van der Waals surface area contributed by atoms with Gasteiger partial charge in [-0.25, -0.2) is 0 Å². The number of hydrogen-bond donors (Lipinski definition) is 1. The molecule has 1 atom stereocenters. The van der Waals surface area contributed by atoms with Gasteiger partial charge in [0.2, 0.25) is 5.91 Å². The van der Waals surface area contributed by atoms with Gasteiger partial charge in [-0.2, -0.15) is 0 Å². The summed E-state index contributed by atoms with van der Waals surface area (Å²) in [6.45, 7) is 5.16. The maximum absolute atomic E-state index is 12.9. The van der Waals surface area contributed by atoms with E-state index in [0.29, 0.717) is 26.0 Å². The molecule has 0 bridgehead atoms. The second-order valence-electron chi connectivity index (χ2n) is 7.95. The Labute approximate surface area is 172 Å². The molecule has 0 radical (unpaired) electrons. The number of ether oxygens (including phenoxy) is 1. The third-order valence-corrected chi connectivity index (χ3v) is 5.17. The summed E-state index contributed by atoms with van der Waals surface area (Å²) in [5, 5.41) is 2.73. The van der Waals surface area contributed by atoms with Crippen molar-refractivity contribution in [2.45, 2.75) is 32.3 Å². The third-order valence-electron chi connectivity index (χ3n) is 5.17. The summed E-state index contributed by atoms with van der Waals surface area (Å²) in [4.78, 5) is 31.4. The number of likely N-dealkylation sites (N-methyl/N-ethyl adjacent to an activating group) is 1. The molecule has 1 aromatic heterocycles. The van der Waals surface area contributed by atoms with Gasteiger partial charge in [0, 0.05) is 38.8 Å². The van der Waals surface area contributed by atoms with Crippen molar-refractivity contribution >= 4 is 11.8 Å². The van der Waals surface area contributed by atoms with Crippen molar-refractivity contribution in [1.29, 1.82) is 0 Å². The molecule has 0 saturated carbocycles. The third kappa shape index (κ3) is 5.01. The number of nitrogens with one attached hydrogen (secondary N) is 1. The van der Waals surface area contributed by atoms with Gasteiger partial charge in [-0.3, -0.25) is 14.6 Å². The number of carbonyl (C=O) groups excluding carboxylic acids is 2. The van der Waals surface area contributed by atoms with Gasteiger partial charge in [-0.1, -0.05) is 44.2 Å². The van der Waals surface area contributed by atoms with E-state index >= 15 is 0 Å². The molecule has 0 unspecified atom stereocenters. The summed E-state index contributed by atoms with van der Waals surface area (Å²) in [5.41, 5.74) is 1.94. The van der Waals surface area contributed by atoms with Gasteiger partial charge >= 0.3 is 0 Å². The van der Waals surface area contributed by atoms with Crippen molar-refractivity contribution in [3.05, 3.63) is 54.4 Å². The summed E-state index contributed by atoms with van der Waals surface area (Å²) in [6, 6.07) is 11.9. The van der Waals surface area contributed by atoms with Crippen LogP contribution in [-0.2, 0) is 20.7 Å². The number of amides is 2. The predicted molar refractivity (Wildman–Crippen MR) is 112 cm³/mol. The van der Waals surface area contributed by atoms with E-state index in [2.05, 4.69) is 16.4 Å². The van der Waals surface area contributed by atoms with Gasteiger partial charge in [0.05, 0.1) is 13.2 Å². The van der Waals surface area contributed by atoms with Gasteiger partial charge in [-0.05, 0) is 28.7 Å². The van der Waals surface area contributed by atoms with E-state index in [-0.39, 0.29) is 24.3 Å². The Bertz CT molecular complexity index is 853. The van der Waals surface area contributed by atoms with E-state index in [9.17, 15) is 9.59 Å². The molecular weight excluding hydrogens is 366 g/mol. The average molecular weight is 396 g/mol. The van der Waals surface area contributed by atoms with Crippen LogP contribution < -0.4 is 5.32 Å². The molecule has 1 aliphatic heterocycles. The van der Waals surface area contributed by atoms with Crippen molar-refractivity contribution < 1.29 is 14.3 Å². The van der Waals surface area contributed by atoms with Crippen LogP contribution in [-0.4, -0.2) is 54.0 Å². The SMILES string of the molecule is CNC(=O)[C@]1(Cc2cccc(-c3cccnc3)c2)CN(C(=O)CC(C)C)CCO1. The molecule has 6 heteroatoms. The smallest absolute Gasteiger partial charge is 0.254 e. The van der Waals surface area contributed by atoms with Gasteiger partial charge in [0.15, 0.2) is 5.60 Å². The summed E-state index contributed by atoms with van der Waals surface area (Å²) >= 11 is 0. The van der Waals surface area contributed by atoms with E-state index in [1.807, 2.05) is 50.4 Å². The number of carbonyl (C=O) groups is 2. The fourth-order valence-corrected chi connectivity index (χ4v) is 3.75. The number of pyridine rings is 1. The lowest BCUT2D eigenvalue weighted by atomic mass is 9.89. The van der Waals surface area contributed by atoms with Crippen molar-refractivity contribution in [3.8, 4) is 11.1 Å². The zero-order chi connectivity index (χ0) is 20.9. The Morgan fingerprint density at radius 1 is 1.24 bits per heavy atom. The molecule has 0 spiro atoms. The Kier molecular flexibility index (Phi) is 6.64. The van der Waals surface area contributed by atoms with Crippen LogP contribution in [0.4, 0.5) is 0 Å². The highest BCUT2D eigenvalue weighted by molar-refractivity contribution is 5.87. The van der Waals surface area contributed by atoms with Crippen molar-refractivity contribution in [1.82, 2.24) is 15.2 Å². The van der Waals surface area contributed by atoms with Crippen molar-refractivity contribution in [3.63, 3.8) is 0 Å². The summed E-state index contributed by atoms with van der Waals surface area (Å²) in [5.74, 6) is 0.142. The van der Waals surface area contributed by atoms with E-state index in [1.54, 1.807) is 18.1 Å². The van der Waals surface area contributed by atoms with Crippen LogP contribution in [0, 0.1) is 5.92 Å². The molecule has 3 rings (SSSR count). The molecule has 2 heterocycles. The highest BCUT2D eigenvalue weighted by Crippen LogP contribution is 2.27. The first-order valence-corrected chi connectivity index (χ1v) is 10.1. The van der Waals surface area contributed by atoms with Gasteiger partial charge in [-0.15, -0.1) is 0 Å². The van der Waals surface area contributed by atoms with Crippen molar-refractivity contribution in [2.24, 2.45) is 5.92 Å². The Morgan fingerprint density at radius 2 is 2.03 bits per heavy atom. The zero-order valence-electron chi connectivity index (χ0n) is 17.4. The number of benzene rings is 1. The molecule has 0 aliphatic carbocycles. The van der Waals surface area contributed by atoms with E-state index in [0.717, 1.165) is 16.7 Å². The summed E-state index contributed by atoms with van der Waals surface area (Å²) in [6.07, 6.45) is 4.43. The maximum Gasteiger partial charge on any atom is 0.254 e. The minimum Gasteiger partial charge on any atom is -0.361 e. The Balaban J connectivity index is 1.86. The number of rotatable bonds is 6. The number of morpholine rings is 1. The fraction of sp³-hybridized carbons (Fsp3) is 0.435. The lowest BCUT2D eigenvalue weighted by molar-refractivity contribution is -0.166. The van der Waals surface area contributed by atoms with Crippen LogP contribution in [0.1, 0.15) is 25.8 Å². The van der Waals surface area contributed by atoms with E-state index in [4.69, 9.17) is 4.74 Å². The minimum atomic E-state index is -1.09. The maximum atomic E-state index is 12.9. The van der Waals surface area contributed by atoms with Crippen LogP contribution in [0.5, 0.6) is 0 Å². The van der Waals surface area contributed by atoms with E-state index in [1.165, 1.54) is 0 Å². The lowest BCUT2D eigenvalue weighted by Crippen LogP contribution is -2.61. The Morgan fingerprint density at radius 3 is 2.72 bits per heavy atom. The normalized spacial score (nSPS) is 19.2. The first-order chi connectivity index (χ1) is 13.9. The largest absolute Gasteiger partial charge is 0.361 e. The van der Waals surface area contributed by atoms with Crippen LogP contribution in [0.2, 0.25) is 0 Å². The summed E-state index contributed by atoms with van der Waals surface area (Å²) < 4.78 is 6.03. The molecule has 6 nitrogen and oxygen atoms in total. The molecule has 2 aromatic rings. The molecule has 1 fully saturated rings. The quantitative estimate of drug-likeness (QED) is 0.816. The van der Waals surface area contributed by atoms with Gasteiger partial charge < -0.3 is 15.0 Å². The second kappa shape index (κ2) is 9.18. The fourth-order valence-electron chi connectivity index (χ4n) is 3.75. The molecule has 29 heavy (non-hydrogen) atoms. The molecule has 1 N–H and O–H groups in total. The molecule has 1 aliphatic rings. The number of aromatic nitrogens is 1. The van der Waals surface area contributed by atoms with E-state index < -0.39 is 5.60 Å².